The number of carbonyl (C=O) groups is 2. The lowest BCUT2D eigenvalue weighted by atomic mass is 9.87. The van der Waals surface area contributed by atoms with Crippen LogP contribution in [0, 0.1) is 19.8 Å². The van der Waals surface area contributed by atoms with Crippen LogP contribution < -0.4 is 0 Å². The van der Waals surface area contributed by atoms with Gasteiger partial charge in [0.2, 0.25) is 11.8 Å². The number of likely N-dealkylation sites (tertiary alicyclic amines) is 2. The number of aryl methyl sites for hydroxylation is 2. The first kappa shape index (κ1) is 24.5. The topological polar surface area (TPSA) is 69.3 Å². The second-order valence-electron chi connectivity index (χ2n) is 11.1. The minimum Gasteiger partial charge on any atom is -0.354 e. The number of amides is 2. The van der Waals surface area contributed by atoms with E-state index < -0.39 is 0 Å². The highest BCUT2D eigenvalue weighted by Gasteiger charge is 2.32. The van der Waals surface area contributed by atoms with E-state index in [-0.39, 0.29) is 24.3 Å². The fourth-order valence-corrected chi connectivity index (χ4v) is 6.07. The lowest BCUT2D eigenvalue weighted by Gasteiger charge is -2.33. The summed E-state index contributed by atoms with van der Waals surface area (Å²) < 4.78 is 0. The van der Waals surface area contributed by atoms with Gasteiger partial charge in [-0.25, -0.2) is 0 Å². The summed E-state index contributed by atoms with van der Waals surface area (Å²) in [4.78, 5) is 37.0. The lowest BCUT2D eigenvalue weighted by molar-refractivity contribution is -0.140. The minimum absolute atomic E-state index is 0.0507. The smallest absolute Gasteiger partial charge is 0.242 e. The van der Waals surface area contributed by atoms with E-state index in [2.05, 4.69) is 54.1 Å². The standard InChI is InChI=1S/C30H38N4O2/c1-18(2)28-25-16-23(6-7-26(25)32-29(28)24-14-20(4)31-21(5)15-24)22-9-12-33(13-10-22)27(35)17-34-11-8-19(3)30(34)36/h6-7,14-16,18-19,22,32H,8-13,17H2,1-5H3/t19-/m1/s1. The Hall–Kier alpha value is -3.15. The maximum atomic E-state index is 12.9. The number of aromatic nitrogens is 2. The fourth-order valence-electron chi connectivity index (χ4n) is 6.07. The first-order valence-electron chi connectivity index (χ1n) is 13.4. The number of benzene rings is 1. The molecular formula is C30H38N4O2. The summed E-state index contributed by atoms with van der Waals surface area (Å²) in [6, 6.07) is 11.2. The van der Waals surface area contributed by atoms with Crippen molar-refractivity contribution in [2.24, 2.45) is 5.92 Å². The average Bonchev–Trinajstić information content (AvgIpc) is 3.38. The molecule has 0 saturated carbocycles. The van der Waals surface area contributed by atoms with Crippen LogP contribution in [-0.2, 0) is 9.59 Å². The summed E-state index contributed by atoms with van der Waals surface area (Å²) in [6.07, 6.45) is 2.77. The molecule has 2 fully saturated rings. The van der Waals surface area contributed by atoms with Crippen molar-refractivity contribution in [3.8, 4) is 11.3 Å². The van der Waals surface area contributed by atoms with Crippen molar-refractivity contribution in [3.63, 3.8) is 0 Å². The van der Waals surface area contributed by atoms with E-state index in [1.807, 2.05) is 25.7 Å². The molecule has 1 atom stereocenters. The number of H-pyrrole nitrogens is 1. The number of fused-ring (bicyclic) bond motifs is 1. The number of hydrogen-bond acceptors (Lipinski definition) is 3. The van der Waals surface area contributed by atoms with E-state index in [1.165, 1.54) is 33.3 Å². The minimum atomic E-state index is 0.0507. The van der Waals surface area contributed by atoms with Crippen molar-refractivity contribution in [3.05, 3.63) is 52.8 Å². The van der Waals surface area contributed by atoms with Crippen LogP contribution in [0.15, 0.2) is 30.3 Å². The van der Waals surface area contributed by atoms with Crippen LogP contribution in [0.4, 0.5) is 0 Å². The molecule has 6 nitrogen and oxygen atoms in total. The van der Waals surface area contributed by atoms with Gasteiger partial charge in [0.25, 0.3) is 0 Å². The molecule has 2 aliphatic heterocycles. The van der Waals surface area contributed by atoms with Gasteiger partial charge in [-0.3, -0.25) is 14.6 Å². The third-order valence-electron chi connectivity index (χ3n) is 8.02. The molecule has 1 aromatic carbocycles. The van der Waals surface area contributed by atoms with Gasteiger partial charge in [0, 0.05) is 53.4 Å². The molecule has 4 heterocycles. The van der Waals surface area contributed by atoms with Gasteiger partial charge >= 0.3 is 0 Å². The van der Waals surface area contributed by atoms with Crippen LogP contribution in [0.1, 0.15) is 74.4 Å². The van der Waals surface area contributed by atoms with Crippen LogP contribution in [0.2, 0.25) is 0 Å². The molecule has 1 N–H and O–H groups in total. The van der Waals surface area contributed by atoms with E-state index >= 15 is 0 Å². The highest BCUT2D eigenvalue weighted by molar-refractivity contribution is 5.92. The molecule has 0 unspecified atom stereocenters. The molecule has 190 valence electrons. The predicted octanol–water partition coefficient (Wildman–Crippen LogP) is 5.54. The van der Waals surface area contributed by atoms with E-state index in [0.717, 1.165) is 43.7 Å². The zero-order chi connectivity index (χ0) is 25.6. The SMILES string of the molecule is Cc1cc(-c2[nH]c3ccc(C4CCN(C(=O)CN5CC[C@@H](C)C5=O)CC4)cc3c2C(C)C)cc(C)n1. The molecule has 2 aromatic heterocycles. The number of aromatic amines is 1. The Morgan fingerprint density at radius 2 is 1.75 bits per heavy atom. The summed E-state index contributed by atoms with van der Waals surface area (Å²) >= 11 is 0. The Morgan fingerprint density at radius 3 is 2.36 bits per heavy atom. The number of nitrogens with zero attached hydrogens (tertiary/aromatic N) is 3. The van der Waals surface area contributed by atoms with Crippen LogP contribution in [0.25, 0.3) is 22.2 Å². The summed E-state index contributed by atoms with van der Waals surface area (Å²) in [5.74, 6) is 1.08. The third kappa shape index (κ3) is 4.65. The van der Waals surface area contributed by atoms with Gasteiger partial charge in [0.05, 0.1) is 12.2 Å². The molecule has 2 amide bonds. The van der Waals surface area contributed by atoms with Crippen molar-refractivity contribution < 1.29 is 9.59 Å². The molecule has 0 spiro atoms. The quantitative estimate of drug-likeness (QED) is 0.514. The van der Waals surface area contributed by atoms with Crippen molar-refractivity contribution in [1.82, 2.24) is 19.8 Å². The van der Waals surface area contributed by atoms with E-state index in [9.17, 15) is 9.59 Å². The van der Waals surface area contributed by atoms with Crippen LogP contribution in [0.3, 0.4) is 0 Å². The highest BCUT2D eigenvalue weighted by Crippen LogP contribution is 2.38. The number of nitrogens with one attached hydrogen (secondary N) is 1. The summed E-state index contributed by atoms with van der Waals surface area (Å²) in [6.45, 7) is 13.0. The van der Waals surface area contributed by atoms with Gasteiger partial charge in [-0.2, -0.15) is 0 Å². The number of hydrogen-bond donors (Lipinski definition) is 1. The van der Waals surface area contributed by atoms with Crippen LogP contribution >= 0.6 is 0 Å². The van der Waals surface area contributed by atoms with Crippen molar-refractivity contribution in [1.29, 1.82) is 0 Å². The average molecular weight is 487 g/mol. The summed E-state index contributed by atoms with van der Waals surface area (Å²) in [5, 5.41) is 1.30. The Balaban J connectivity index is 1.34. The first-order valence-corrected chi connectivity index (χ1v) is 13.4. The van der Waals surface area contributed by atoms with Gasteiger partial charge < -0.3 is 14.8 Å². The molecule has 0 bridgehead atoms. The van der Waals surface area contributed by atoms with E-state index in [1.54, 1.807) is 4.90 Å². The number of pyridine rings is 1. The molecule has 0 radical (unpaired) electrons. The molecule has 2 saturated heterocycles. The number of piperidine rings is 1. The lowest BCUT2D eigenvalue weighted by Crippen LogP contribution is -2.44. The van der Waals surface area contributed by atoms with Crippen LogP contribution in [0.5, 0.6) is 0 Å². The Labute approximate surface area is 214 Å². The molecular weight excluding hydrogens is 448 g/mol. The van der Waals surface area contributed by atoms with Crippen molar-refractivity contribution in [2.45, 2.75) is 65.7 Å². The first-order chi connectivity index (χ1) is 17.2. The second kappa shape index (κ2) is 9.72. The Morgan fingerprint density at radius 1 is 1.06 bits per heavy atom. The van der Waals surface area contributed by atoms with Gasteiger partial charge in [0.1, 0.15) is 0 Å². The fraction of sp³-hybridized carbons (Fsp3) is 0.500. The van der Waals surface area contributed by atoms with Gasteiger partial charge in [-0.1, -0.05) is 26.8 Å². The van der Waals surface area contributed by atoms with Crippen molar-refractivity contribution in [2.75, 3.05) is 26.2 Å². The normalized spacial score (nSPS) is 19.2. The molecule has 0 aliphatic carbocycles. The molecule has 6 heteroatoms. The second-order valence-corrected chi connectivity index (χ2v) is 11.1. The number of carbonyl (C=O) groups excluding carboxylic acids is 2. The zero-order valence-electron chi connectivity index (χ0n) is 22.2. The maximum absolute atomic E-state index is 12.9. The molecule has 36 heavy (non-hydrogen) atoms. The Bertz CT molecular complexity index is 1280. The number of rotatable bonds is 5. The van der Waals surface area contributed by atoms with E-state index in [0.29, 0.717) is 18.4 Å². The van der Waals surface area contributed by atoms with Gasteiger partial charge in [-0.15, -0.1) is 0 Å². The van der Waals surface area contributed by atoms with Gasteiger partial charge in [-0.05, 0) is 80.3 Å². The third-order valence-corrected chi connectivity index (χ3v) is 8.02. The molecule has 2 aliphatic rings. The molecule has 3 aromatic rings. The predicted molar refractivity (Wildman–Crippen MR) is 144 cm³/mol. The summed E-state index contributed by atoms with van der Waals surface area (Å²) in [7, 11) is 0. The van der Waals surface area contributed by atoms with Crippen molar-refractivity contribution >= 4 is 22.7 Å². The molecule has 5 rings (SSSR count). The monoisotopic (exact) mass is 486 g/mol. The van der Waals surface area contributed by atoms with Crippen LogP contribution in [-0.4, -0.2) is 57.8 Å². The van der Waals surface area contributed by atoms with E-state index in [4.69, 9.17) is 0 Å². The maximum Gasteiger partial charge on any atom is 0.242 e. The Kier molecular flexibility index (Phi) is 6.62. The largest absolute Gasteiger partial charge is 0.354 e. The zero-order valence-corrected chi connectivity index (χ0v) is 22.2. The van der Waals surface area contributed by atoms with Gasteiger partial charge in [0.15, 0.2) is 0 Å². The highest BCUT2D eigenvalue weighted by atomic mass is 16.2. The summed E-state index contributed by atoms with van der Waals surface area (Å²) in [5.41, 5.74) is 8.33.